The normalized spacial score (nSPS) is 10.9. The molecule has 0 bridgehead atoms. The van der Waals surface area contributed by atoms with Crippen molar-refractivity contribution in [3.8, 4) is 0 Å². The highest BCUT2D eigenvalue weighted by Crippen LogP contribution is 2.14. The number of hydrogen-bond acceptors (Lipinski definition) is 1. The maximum absolute atomic E-state index is 3.90. The zero-order valence-corrected chi connectivity index (χ0v) is 16.6. The van der Waals surface area contributed by atoms with Gasteiger partial charge in [-0.15, -0.1) is 0 Å². The van der Waals surface area contributed by atoms with Gasteiger partial charge in [0.25, 0.3) is 0 Å². The Labute approximate surface area is 158 Å². The Kier molecular flexibility index (Phi) is 15.7. The van der Waals surface area contributed by atoms with E-state index < -0.39 is 0 Å². The minimum absolute atomic E-state index is 1.11. The number of anilines is 1. The van der Waals surface area contributed by atoms with Gasteiger partial charge in [0.05, 0.1) is 0 Å². The standard InChI is InChI=1S/C24H42N/c1-2-3-4-5-6-7-8-9-10-11-12-13-14-15-16-20-23-25-24-21-18-17-19-22-24/h17-19,21-22,25H,1-16,20,23H2. The van der Waals surface area contributed by atoms with E-state index in [1.807, 2.05) is 0 Å². The van der Waals surface area contributed by atoms with Crippen LogP contribution in [-0.2, 0) is 0 Å². The molecule has 0 unspecified atom stereocenters. The minimum atomic E-state index is 1.11. The summed E-state index contributed by atoms with van der Waals surface area (Å²) in [7, 11) is 0. The maximum atomic E-state index is 3.90. The summed E-state index contributed by atoms with van der Waals surface area (Å²) < 4.78 is 0. The van der Waals surface area contributed by atoms with Gasteiger partial charge in [0.1, 0.15) is 0 Å². The monoisotopic (exact) mass is 344 g/mol. The third kappa shape index (κ3) is 15.0. The molecule has 0 aliphatic rings. The first-order valence-corrected chi connectivity index (χ1v) is 11.0. The van der Waals surface area contributed by atoms with E-state index in [0.717, 1.165) is 13.0 Å². The van der Waals surface area contributed by atoms with Gasteiger partial charge in [-0.25, -0.2) is 0 Å². The molecule has 0 aromatic heterocycles. The van der Waals surface area contributed by atoms with Crippen molar-refractivity contribution < 1.29 is 0 Å². The van der Waals surface area contributed by atoms with Crippen molar-refractivity contribution in [2.24, 2.45) is 0 Å². The lowest BCUT2D eigenvalue weighted by atomic mass is 10.0. The van der Waals surface area contributed by atoms with E-state index in [4.69, 9.17) is 0 Å². The zero-order chi connectivity index (χ0) is 17.8. The van der Waals surface area contributed by atoms with E-state index >= 15 is 0 Å². The van der Waals surface area contributed by atoms with Crippen molar-refractivity contribution in [3.63, 3.8) is 0 Å². The average Bonchev–Trinajstić information content (AvgIpc) is 2.65. The van der Waals surface area contributed by atoms with Gasteiger partial charge in [-0.05, 0) is 18.6 Å². The van der Waals surface area contributed by atoms with Gasteiger partial charge >= 0.3 is 0 Å². The molecule has 1 aromatic rings. The van der Waals surface area contributed by atoms with Crippen LogP contribution in [0.1, 0.15) is 103 Å². The molecule has 0 aliphatic heterocycles. The topological polar surface area (TPSA) is 12.0 Å². The van der Waals surface area contributed by atoms with Gasteiger partial charge < -0.3 is 5.32 Å². The van der Waals surface area contributed by atoms with Crippen LogP contribution in [0, 0.1) is 6.92 Å². The molecular formula is C24H42N. The number of rotatable bonds is 18. The summed E-state index contributed by atoms with van der Waals surface area (Å²) >= 11 is 0. The lowest BCUT2D eigenvalue weighted by Gasteiger charge is -2.06. The summed E-state index contributed by atoms with van der Waals surface area (Å²) in [5.74, 6) is 0. The molecule has 0 saturated carbocycles. The Morgan fingerprint density at radius 2 is 0.920 bits per heavy atom. The third-order valence-corrected chi connectivity index (χ3v) is 5.03. The summed E-state index contributed by atoms with van der Waals surface area (Å²) in [5.41, 5.74) is 1.25. The zero-order valence-electron chi connectivity index (χ0n) is 16.6. The second-order valence-corrected chi connectivity index (χ2v) is 7.45. The number of hydrogen-bond donors (Lipinski definition) is 1. The second-order valence-electron chi connectivity index (χ2n) is 7.45. The molecule has 0 fully saturated rings. The van der Waals surface area contributed by atoms with Gasteiger partial charge in [0.2, 0.25) is 0 Å². The molecule has 143 valence electrons. The highest BCUT2D eigenvalue weighted by atomic mass is 14.9. The van der Waals surface area contributed by atoms with Crippen molar-refractivity contribution in [2.45, 2.75) is 103 Å². The van der Waals surface area contributed by atoms with Crippen LogP contribution in [0.5, 0.6) is 0 Å². The van der Waals surface area contributed by atoms with Gasteiger partial charge in [-0.1, -0.05) is 121 Å². The summed E-state index contributed by atoms with van der Waals surface area (Å²) in [6.07, 6.45) is 22.4. The SMILES string of the molecule is [CH2]CCCCCCCCCCCCCCCCCNc1ccccc1. The van der Waals surface area contributed by atoms with E-state index in [1.54, 1.807) is 0 Å². The van der Waals surface area contributed by atoms with Crippen LogP contribution in [0.2, 0.25) is 0 Å². The van der Waals surface area contributed by atoms with E-state index in [0.29, 0.717) is 0 Å². The van der Waals surface area contributed by atoms with Gasteiger partial charge in [-0.3, -0.25) is 0 Å². The highest BCUT2D eigenvalue weighted by Gasteiger charge is 1.95. The molecule has 0 atom stereocenters. The van der Waals surface area contributed by atoms with Crippen LogP contribution in [0.25, 0.3) is 0 Å². The quantitative estimate of drug-likeness (QED) is 0.265. The molecule has 1 aromatic carbocycles. The van der Waals surface area contributed by atoms with Crippen LogP contribution < -0.4 is 5.32 Å². The Balaban J connectivity index is 1.69. The van der Waals surface area contributed by atoms with Crippen LogP contribution in [-0.4, -0.2) is 6.54 Å². The largest absolute Gasteiger partial charge is 0.385 e. The Morgan fingerprint density at radius 1 is 0.520 bits per heavy atom. The first-order valence-electron chi connectivity index (χ1n) is 11.0. The number of nitrogens with one attached hydrogen (secondary N) is 1. The van der Waals surface area contributed by atoms with E-state index in [-0.39, 0.29) is 0 Å². The molecule has 0 amide bonds. The summed E-state index contributed by atoms with van der Waals surface area (Å²) in [5, 5.41) is 3.49. The summed E-state index contributed by atoms with van der Waals surface area (Å²) in [6, 6.07) is 10.5. The predicted molar refractivity (Wildman–Crippen MR) is 114 cm³/mol. The van der Waals surface area contributed by atoms with Crippen LogP contribution in [0.3, 0.4) is 0 Å². The van der Waals surface area contributed by atoms with Crippen molar-refractivity contribution in [2.75, 3.05) is 11.9 Å². The van der Waals surface area contributed by atoms with Crippen LogP contribution >= 0.6 is 0 Å². The van der Waals surface area contributed by atoms with Crippen LogP contribution in [0.4, 0.5) is 5.69 Å². The number of para-hydroxylation sites is 1. The van der Waals surface area contributed by atoms with Gasteiger partial charge in [0.15, 0.2) is 0 Å². The van der Waals surface area contributed by atoms with Gasteiger partial charge in [-0.2, -0.15) is 0 Å². The summed E-state index contributed by atoms with van der Waals surface area (Å²) in [4.78, 5) is 0. The molecule has 25 heavy (non-hydrogen) atoms. The molecule has 1 rings (SSSR count). The van der Waals surface area contributed by atoms with Gasteiger partial charge in [0, 0.05) is 12.2 Å². The molecule has 0 aliphatic carbocycles. The molecule has 0 heterocycles. The predicted octanol–water partition coefficient (Wildman–Crippen LogP) is 8.17. The van der Waals surface area contributed by atoms with Crippen molar-refractivity contribution in [1.29, 1.82) is 0 Å². The number of unbranched alkanes of at least 4 members (excludes halogenated alkanes) is 15. The highest BCUT2D eigenvalue weighted by molar-refractivity contribution is 5.42. The molecule has 1 heteroatoms. The lowest BCUT2D eigenvalue weighted by molar-refractivity contribution is 0.532. The fraction of sp³-hybridized carbons (Fsp3) is 0.708. The van der Waals surface area contributed by atoms with Crippen molar-refractivity contribution >= 4 is 5.69 Å². The maximum Gasteiger partial charge on any atom is 0.0340 e. The van der Waals surface area contributed by atoms with E-state index in [9.17, 15) is 0 Å². The molecule has 0 saturated heterocycles. The molecular weight excluding hydrogens is 302 g/mol. The fourth-order valence-electron chi connectivity index (χ4n) is 3.39. The first kappa shape index (κ1) is 22.1. The molecule has 0 spiro atoms. The summed E-state index contributed by atoms with van der Waals surface area (Å²) in [6.45, 7) is 5.01. The fourth-order valence-corrected chi connectivity index (χ4v) is 3.39. The average molecular weight is 345 g/mol. The third-order valence-electron chi connectivity index (χ3n) is 5.03. The second kappa shape index (κ2) is 17.8. The van der Waals surface area contributed by atoms with Crippen LogP contribution in [0.15, 0.2) is 30.3 Å². The van der Waals surface area contributed by atoms with Crippen molar-refractivity contribution in [1.82, 2.24) is 0 Å². The molecule has 1 N–H and O–H groups in total. The lowest BCUT2D eigenvalue weighted by Crippen LogP contribution is -2.00. The Morgan fingerprint density at radius 3 is 1.36 bits per heavy atom. The minimum Gasteiger partial charge on any atom is -0.385 e. The molecule has 1 radical (unpaired) electrons. The smallest absolute Gasteiger partial charge is 0.0340 e. The number of benzene rings is 1. The first-order chi connectivity index (χ1) is 12.4. The van der Waals surface area contributed by atoms with Crippen molar-refractivity contribution in [3.05, 3.63) is 37.3 Å². The Hall–Kier alpha value is -0.980. The van der Waals surface area contributed by atoms with E-state index in [2.05, 4.69) is 42.6 Å². The molecule has 1 nitrogen and oxygen atoms in total. The van der Waals surface area contributed by atoms with E-state index in [1.165, 1.54) is 102 Å². The Bertz CT molecular complexity index is 360.